The molecule has 2 aromatic carbocycles. The Kier molecular flexibility index (Phi) is 3.44. The molecule has 0 bridgehead atoms. The molecule has 2 aromatic rings. The molecule has 4 heteroatoms. The van der Waals surface area contributed by atoms with E-state index in [0.29, 0.717) is 16.3 Å². The average molecular weight is 247 g/mol. The highest BCUT2D eigenvalue weighted by atomic mass is 32.2. The monoisotopic (exact) mass is 247 g/mol. The zero-order valence-corrected chi connectivity index (χ0v) is 10.2. The molecule has 1 unspecified atom stereocenters. The largest absolute Gasteiger partial charge is 0.495 e. The van der Waals surface area contributed by atoms with Crippen LogP contribution in [0.3, 0.4) is 0 Å². The van der Waals surface area contributed by atoms with E-state index in [2.05, 4.69) is 0 Å². The molecular weight excluding hydrogens is 234 g/mol. The number of hydrogen-bond donors (Lipinski definition) is 1. The number of anilines is 1. The molecule has 2 N–H and O–H groups in total. The molecule has 0 spiro atoms. The van der Waals surface area contributed by atoms with Crippen molar-refractivity contribution < 1.29 is 8.95 Å². The first-order chi connectivity index (χ1) is 8.22. The zero-order chi connectivity index (χ0) is 12.3. The summed E-state index contributed by atoms with van der Waals surface area (Å²) in [6.07, 6.45) is 0. The molecule has 17 heavy (non-hydrogen) atoms. The summed E-state index contributed by atoms with van der Waals surface area (Å²) in [5, 5.41) is 0. The van der Waals surface area contributed by atoms with Crippen molar-refractivity contribution in [3.63, 3.8) is 0 Å². The van der Waals surface area contributed by atoms with Crippen LogP contribution in [0.4, 0.5) is 5.69 Å². The van der Waals surface area contributed by atoms with Gasteiger partial charge in [-0.3, -0.25) is 0 Å². The Morgan fingerprint density at radius 1 is 1.06 bits per heavy atom. The Bertz CT molecular complexity index is 540. The van der Waals surface area contributed by atoms with Crippen molar-refractivity contribution in [2.75, 3.05) is 12.8 Å². The lowest BCUT2D eigenvalue weighted by atomic mass is 10.3. The molecule has 0 saturated heterocycles. The van der Waals surface area contributed by atoms with Crippen LogP contribution in [-0.4, -0.2) is 11.3 Å². The van der Waals surface area contributed by atoms with Gasteiger partial charge in [-0.15, -0.1) is 0 Å². The molecule has 0 radical (unpaired) electrons. The van der Waals surface area contributed by atoms with E-state index < -0.39 is 10.8 Å². The first-order valence-electron chi connectivity index (χ1n) is 5.12. The summed E-state index contributed by atoms with van der Waals surface area (Å²) < 4.78 is 17.3. The lowest BCUT2D eigenvalue weighted by Crippen LogP contribution is -1.97. The van der Waals surface area contributed by atoms with Gasteiger partial charge in [0.25, 0.3) is 0 Å². The van der Waals surface area contributed by atoms with Gasteiger partial charge in [0.1, 0.15) is 5.75 Å². The van der Waals surface area contributed by atoms with Crippen molar-refractivity contribution in [3.8, 4) is 5.75 Å². The molecule has 0 aliphatic carbocycles. The van der Waals surface area contributed by atoms with Crippen molar-refractivity contribution in [2.24, 2.45) is 0 Å². The van der Waals surface area contributed by atoms with Gasteiger partial charge in [0.2, 0.25) is 0 Å². The van der Waals surface area contributed by atoms with E-state index in [0.717, 1.165) is 4.90 Å². The van der Waals surface area contributed by atoms with Crippen LogP contribution in [0, 0.1) is 0 Å². The molecule has 0 aliphatic heterocycles. The summed E-state index contributed by atoms with van der Waals surface area (Å²) in [4.78, 5) is 1.44. The number of nitrogen functional groups attached to an aromatic ring is 1. The van der Waals surface area contributed by atoms with Gasteiger partial charge < -0.3 is 10.5 Å². The van der Waals surface area contributed by atoms with Gasteiger partial charge in [-0.05, 0) is 30.3 Å². The minimum absolute atomic E-state index is 0.495. The molecule has 0 heterocycles. The van der Waals surface area contributed by atoms with Gasteiger partial charge >= 0.3 is 0 Å². The number of hydrogen-bond acceptors (Lipinski definition) is 3. The summed E-state index contributed by atoms with van der Waals surface area (Å²) in [5.41, 5.74) is 6.28. The fraction of sp³-hybridized carbons (Fsp3) is 0.0769. The van der Waals surface area contributed by atoms with Crippen LogP contribution in [0.15, 0.2) is 58.3 Å². The van der Waals surface area contributed by atoms with Crippen LogP contribution in [-0.2, 0) is 10.8 Å². The first kappa shape index (κ1) is 11.7. The zero-order valence-electron chi connectivity index (χ0n) is 9.42. The van der Waals surface area contributed by atoms with Crippen molar-refractivity contribution in [1.29, 1.82) is 0 Å². The lowest BCUT2D eigenvalue weighted by molar-refractivity contribution is 0.416. The Morgan fingerprint density at radius 2 is 1.76 bits per heavy atom. The van der Waals surface area contributed by atoms with Gasteiger partial charge in [0.05, 0.1) is 23.6 Å². The van der Waals surface area contributed by atoms with Crippen LogP contribution in [0.5, 0.6) is 5.75 Å². The minimum atomic E-state index is -1.20. The topological polar surface area (TPSA) is 52.3 Å². The predicted molar refractivity (Wildman–Crippen MR) is 68.5 cm³/mol. The third-order valence-electron chi connectivity index (χ3n) is 2.37. The molecule has 0 saturated carbocycles. The van der Waals surface area contributed by atoms with Crippen LogP contribution in [0.1, 0.15) is 0 Å². The van der Waals surface area contributed by atoms with Crippen molar-refractivity contribution >= 4 is 16.5 Å². The van der Waals surface area contributed by atoms with E-state index in [1.54, 1.807) is 25.3 Å². The maximum Gasteiger partial charge on any atom is 0.141 e. The first-order valence-corrected chi connectivity index (χ1v) is 6.27. The molecule has 1 atom stereocenters. The molecule has 0 amide bonds. The molecule has 88 valence electrons. The summed E-state index contributed by atoms with van der Waals surface area (Å²) in [6.45, 7) is 0. The molecule has 0 aromatic heterocycles. The van der Waals surface area contributed by atoms with E-state index in [-0.39, 0.29) is 0 Å². The van der Waals surface area contributed by atoms with Crippen molar-refractivity contribution in [3.05, 3.63) is 48.5 Å². The Balaban J connectivity index is 2.35. The second-order valence-corrected chi connectivity index (χ2v) is 4.97. The lowest BCUT2D eigenvalue weighted by Gasteiger charge is -2.07. The second kappa shape index (κ2) is 5.01. The number of ether oxygens (including phenoxy) is 1. The molecular formula is C13H13NO2S. The van der Waals surface area contributed by atoms with E-state index >= 15 is 0 Å². The SMILES string of the molecule is COc1ccc(S(=O)c2ccccc2)cc1N. The van der Waals surface area contributed by atoms with E-state index in [1.165, 1.54) is 0 Å². The summed E-state index contributed by atoms with van der Waals surface area (Å²) in [5.74, 6) is 0.596. The molecule has 0 aliphatic rings. The average Bonchev–Trinajstić information content (AvgIpc) is 2.39. The van der Waals surface area contributed by atoms with Gasteiger partial charge in [-0.2, -0.15) is 0 Å². The fourth-order valence-corrected chi connectivity index (χ4v) is 2.61. The van der Waals surface area contributed by atoms with E-state index in [4.69, 9.17) is 10.5 Å². The highest BCUT2D eigenvalue weighted by Crippen LogP contribution is 2.25. The summed E-state index contributed by atoms with van der Waals surface area (Å²) >= 11 is 0. The quantitative estimate of drug-likeness (QED) is 0.848. The standard InChI is InChI=1S/C13H13NO2S/c1-16-13-8-7-11(9-12(13)14)17(15)10-5-3-2-4-6-10/h2-9H,14H2,1H3. The fourth-order valence-electron chi connectivity index (χ4n) is 1.51. The Morgan fingerprint density at radius 3 is 2.35 bits per heavy atom. The third-order valence-corrected chi connectivity index (χ3v) is 3.75. The smallest absolute Gasteiger partial charge is 0.141 e. The van der Waals surface area contributed by atoms with Crippen LogP contribution >= 0.6 is 0 Å². The van der Waals surface area contributed by atoms with Crippen molar-refractivity contribution in [2.45, 2.75) is 9.79 Å². The maximum atomic E-state index is 12.2. The molecule has 0 fully saturated rings. The number of methoxy groups -OCH3 is 1. The summed E-state index contributed by atoms with van der Waals surface area (Å²) in [7, 11) is 0.352. The summed E-state index contributed by atoms with van der Waals surface area (Å²) in [6, 6.07) is 14.4. The maximum absolute atomic E-state index is 12.2. The number of rotatable bonds is 3. The minimum Gasteiger partial charge on any atom is -0.495 e. The van der Waals surface area contributed by atoms with E-state index in [1.807, 2.05) is 30.3 Å². The predicted octanol–water partition coefficient (Wildman–Crippen LogP) is 2.44. The van der Waals surface area contributed by atoms with Gasteiger partial charge in [0.15, 0.2) is 0 Å². The highest BCUT2D eigenvalue weighted by Gasteiger charge is 2.08. The van der Waals surface area contributed by atoms with Crippen molar-refractivity contribution in [1.82, 2.24) is 0 Å². The van der Waals surface area contributed by atoms with Crippen LogP contribution < -0.4 is 10.5 Å². The van der Waals surface area contributed by atoms with Gasteiger partial charge in [-0.25, -0.2) is 4.21 Å². The van der Waals surface area contributed by atoms with Crippen LogP contribution in [0.2, 0.25) is 0 Å². The second-order valence-electron chi connectivity index (χ2n) is 3.49. The normalized spacial score (nSPS) is 12.1. The third kappa shape index (κ3) is 2.47. The van der Waals surface area contributed by atoms with Crippen LogP contribution in [0.25, 0.3) is 0 Å². The Hall–Kier alpha value is -1.81. The Labute approximate surface area is 103 Å². The van der Waals surface area contributed by atoms with Gasteiger partial charge in [-0.1, -0.05) is 18.2 Å². The molecule has 2 rings (SSSR count). The van der Waals surface area contributed by atoms with E-state index in [9.17, 15) is 4.21 Å². The molecule has 3 nitrogen and oxygen atoms in total. The van der Waals surface area contributed by atoms with Gasteiger partial charge in [0, 0.05) is 9.79 Å². The highest BCUT2D eigenvalue weighted by molar-refractivity contribution is 7.85. The number of benzene rings is 2. The number of nitrogens with two attached hydrogens (primary N) is 1.